The quantitative estimate of drug-likeness (QED) is 0.913. The Balaban J connectivity index is 1.75. The third-order valence-corrected chi connectivity index (χ3v) is 5.07. The molecule has 23 heavy (non-hydrogen) atoms. The van der Waals surface area contributed by atoms with E-state index in [0.717, 1.165) is 29.7 Å². The van der Waals surface area contributed by atoms with Crippen LogP contribution in [-0.2, 0) is 6.54 Å². The largest absolute Gasteiger partial charge is 0.310 e. The lowest BCUT2D eigenvalue weighted by molar-refractivity contribution is 0.654. The number of nitrogens with one attached hydrogen (secondary N) is 1. The summed E-state index contributed by atoms with van der Waals surface area (Å²) in [6.45, 7) is 4.95. The van der Waals surface area contributed by atoms with Crippen molar-refractivity contribution in [1.82, 2.24) is 9.88 Å². The summed E-state index contributed by atoms with van der Waals surface area (Å²) in [5.74, 6) is 0. The van der Waals surface area contributed by atoms with E-state index in [1.807, 2.05) is 10.6 Å². The number of nitrogens with zero attached hydrogens (tertiary/aromatic N) is 1. The van der Waals surface area contributed by atoms with Crippen molar-refractivity contribution in [2.75, 3.05) is 0 Å². The van der Waals surface area contributed by atoms with Gasteiger partial charge in [0.15, 0.2) is 0 Å². The van der Waals surface area contributed by atoms with Crippen LogP contribution in [0.25, 0.3) is 11.3 Å². The Kier molecular flexibility index (Phi) is 3.61. The van der Waals surface area contributed by atoms with Crippen molar-refractivity contribution in [2.45, 2.75) is 58.2 Å². The molecule has 2 aliphatic rings. The summed E-state index contributed by atoms with van der Waals surface area (Å²) in [6.07, 6.45) is 4.74. The molecule has 3 heteroatoms. The number of pyridine rings is 1. The molecule has 0 spiro atoms. The summed E-state index contributed by atoms with van der Waals surface area (Å²) in [5, 5.41) is 3.46. The molecule has 3 nitrogen and oxygen atoms in total. The van der Waals surface area contributed by atoms with Gasteiger partial charge < -0.3 is 9.88 Å². The summed E-state index contributed by atoms with van der Waals surface area (Å²) < 4.78 is 2.04. The average Bonchev–Trinajstić information content (AvgIpc) is 3.42. The van der Waals surface area contributed by atoms with E-state index < -0.39 is 0 Å². The maximum atomic E-state index is 13.0. The van der Waals surface area contributed by atoms with Gasteiger partial charge in [-0.3, -0.25) is 4.79 Å². The first-order valence-corrected chi connectivity index (χ1v) is 8.69. The molecule has 0 amide bonds. The second kappa shape index (κ2) is 5.64. The zero-order chi connectivity index (χ0) is 16.0. The highest BCUT2D eigenvalue weighted by molar-refractivity contribution is 5.62. The van der Waals surface area contributed by atoms with E-state index in [9.17, 15) is 4.79 Å². The lowest BCUT2D eigenvalue weighted by Crippen LogP contribution is -2.28. The highest BCUT2D eigenvalue weighted by atomic mass is 16.1. The second-order valence-corrected chi connectivity index (χ2v) is 7.10. The van der Waals surface area contributed by atoms with Gasteiger partial charge in [0.05, 0.1) is 5.69 Å². The first kappa shape index (κ1) is 14.7. The molecule has 0 bridgehead atoms. The number of rotatable bonds is 5. The molecule has 2 aliphatic carbocycles. The van der Waals surface area contributed by atoms with E-state index in [1.165, 1.54) is 24.0 Å². The number of hydrogen-bond acceptors (Lipinski definition) is 2. The monoisotopic (exact) mass is 308 g/mol. The van der Waals surface area contributed by atoms with Gasteiger partial charge in [0.2, 0.25) is 0 Å². The van der Waals surface area contributed by atoms with Gasteiger partial charge in [-0.2, -0.15) is 0 Å². The molecule has 0 aliphatic heterocycles. The Morgan fingerprint density at radius 1 is 1.04 bits per heavy atom. The average molecular weight is 308 g/mol. The van der Waals surface area contributed by atoms with Gasteiger partial charge in [-0.15, -0.1) is 0 Å². The minimum atomic E-state index is 0.191. The Morgan fingerprint density at radius 3 is 2.48 bits per heavy atom. The van der Waals surface area contributed by atoms with E-state index in [1.54, 1.807) is 0 Å². The maximum Gasteiger partial charge on any atom is 0.255 e. The van der Waals surface area contributed by atoms with E-state index in [0.29, 0.717) is 18.6 Å². The van der Waals surface area contributed by atoms with Crippen molar-refractivity contribution >= 4 is 0 Å². The molecular weight excluding hydrogens is 284 g/mol. The number of hydrogen-bond donors (Lipinski definition) is 1. The number of aryl methyl sites for hydroxylation is 2. The van der Waals surface area contributed by atoms with E-state index in [-0.39, 0.29) is 5.56 Å². The second-order valence-electron chi connectivity index (χ2n) is 7.10. The fraction of sp³-hybridized carbons (Fsp3) is 0.450. The molecule has 1 aromatic heterocycles. The van der Waals surface area contributed by atoms with Crippen molar-refractivity contribution in [2.24, 2.45) is 0 Å². The van der Waals surface area contributed by atoms with Crippen LogP contribution in [0.15, 0.2) is 35.1 Å². The molecular formula is C20H24N2O. The Morgan fingerprint density at radius 2 is 1.83 bits per heavy atom. The molecule has 0 unspecified atom stereocenters. The fourth-order valence-electron chi connectivity index (χ4n) is 3.10. The number of benzene rings is 1. The Bertz CT molecular complexity index is 798. The van der Waals surface area contributed by atoms with Gasteiger partial charge in [-0.25, -0.2) is 0 Å². The summed E-state index contributed by atoms with van der Waals surface area (Å²) >= 11 is 0. The van der Waals surface area contributed by atoms with Crippen LogP contribution in [0.3, 0.4) is 0 Å². The molecule has 1 heterocycles. The predicted molar refractivity (Wildman–Crippen MR) is 93.7 cm³/mol. The predicted octanol–water partition coefficient (Wildman–Crippen LogP) is 3.72. The molecule has 2 aromatic rings. The van der Waals surface area contributed by atoms with Crippen molar-refractivity contribution in [3.8, 4) is 11.3 Å². The summed E-state index contributed by atoms with van der Waals surface area (Å²) in [7, 11) is 0. The third kappa shape index (κ3) is 2.98. The SMILES string of the molecule is Cc1ccc(-c2ccc(CNC3CC3)c(=O)n2C2CC2)cc1C. The van der Waals surface area contributed by atoms with Gasteiger partial charge >= 0.3 is 0 Å². The molecule has 1 aromatic carbocycles. The van der Waals surface area contributed by atoms with Crippen LogP contribution in [0.5, 0.6) is 0 Å². The first-order chi connectivity index (χ1) is 11.1. The standard InChI is InChI=1S/C20H24N2O/c1-13-3-4-15(11-14(13)2)19-10-5-16(12-21-17-6-7-17)20(23)22(19)18-8-9-18/h3-5,10-11,17-18,21H,6-9,12H2,1-2H3. The zero-order valence-electron chi connectivity index (χ0n) is 13.9. The Labute approximate surface area is 137 Å². The van der Waals surface area contributed by atoms with E-state index in [4.69, 9.17) is 0 Å². The van der Waals surface area contributed by atoms with Crippen molar-refractivity contribution in [3.63, 3.8) is 0 Å². The van der Waals surface area contributed by atoms with Gasteiger partial charge in [0.1, 0.15) is 0 Å². The fourth-order valence-corrected chi connectivity index (χ4v) is 3.10. The van der Waals surface area contributed by atoms with Crippen LogP contribution in [0.1, 0.15) is 48.4 Å². The minimum absolute atomic E-state index is 0.191. The number of aromatic nitrogens is 1. The summed E-state index contributed by atoms with van der Waals surface area (Å²) in [6, 6.07) is 11.6. The third-order valence-electron chi connectivity index (χ3n) is 5.07. The highest BCUT2D eigenvalue weighted by Crippen LogP contribution is 2.37. The smallest absolute Gasteiger partial charge is 0.255 e. The van der Waals surface area contributed by atoms with Crippen LogP contribution < -0.4 is 10.9 Å². The molecule has 2 fully saturated rings. The van der Waals surface area contributed by atoms with Crippen LogP contribution in [-0.4, -0.2) is 10.6 Å². The van der Waals surface area contributed by atoms with Gasteiger partial charge in [0, 0.05) is 24.2 Å². The van der Waals surface area contributed by atoms with Crippen molar-refractivity contribution < 1.29 is 0 Å². The topological polar surface area (TPSA) is 34.0 Å². The van der Waals surface area contributed by atoms with Gasteiger partial charge in [-0.1, -0.05) is 18.2 Å². The van der Waals surface area contributed by atoms with Crippen LogP contribution in [0.2, 0.25) is 0 Å². The summed E-state index contributed by atoms with van der Waals surface area (Å²) in [5.41, 5.74) is 5.87. The van der Waals surface area contributed by atoms with Gasteiger partial charge in [-0.05, 0) is 68.4 Å². The van der Waals surface area contributed by atoms with Crippen molar-refractivity contribution in [1.29, 1.82) is 0 Å². The normalized spacial score (nSPS) is 17.5. The molecule has 0 radical (unpaired) electrons. The van der Waals surface area contributed by atoms with E-state index >= 15 is 0 Å². The molecule has 1 N–H and O–H groups in total. The highest BCUT2D eigenvalue weighted by Gasteiger charge is 2.28. The summed E-state index contributed by atoms with van der Waals surface area (Å²) in [4.78, 5) is 13.0. The molecule has 4 rings (SSSR count). The zero-order valence-corrected chi connectivity index (χ0v) is 13.9. The van der Waals surface area contributed by atoms with Gasteiger partial charge in [0.25, 0.3) is 5.56 Å². The van der Waals surface area contributed by atoms with Crippen LogP contribution in [0.4, 0.5) is 0 Å². The Hall–Kier alpha value is -1.87. The molecule has 0 atom stereocenters. The minimum Gasteiger partial charge on any atom is -0.310 e. The molecule has 2 saturated carbocycles. The van der Waals surface area contributed by atoms with Crippen LogP contribution >= 0.6 is 0 Å². The maximum absolute atomic E-state index is 13.0. The molecule has 120 valence electrons. The van der Waals surface area contributed by atoms with E-state index in [2.05, 4.69) is 43.4 Å². The first-order valence-electron chi connectivity index (χ1n) is 8.69. The lowest BCUT2D eigenvalue weighted by atomic mass is 10.0. The molecule has 0 saturated heterocycles. The lowest BCUT2D eigenvalue weighted by Gasteiger charge is -2.15. The van der Waals surface area contributed by atoms with Crippen LogP contribution in [0, 0.1) is 13.8 Å². The van der Waals surface area contributed by atoms with Crippen molar-refractivity contribution in [3.05, 3.63) is 57.4 Å².